The first-order valence-corrected chi connectivity index (χ1v) is 5.20. The van der Waals surface area contributed by atoms with Gasteiger partial charge < -0.3 is 15.0 Å². The Morgan fingerprint density at radius 2 is 2.47 bits per heavy atom. The molecule has 15 heavy (non-hydrogen) atoms. The van der Waals surface area contributed by atoms with Crippen LogP contribution in [0.1, 0.15) is 30.3 Å². The molecule has 0 amide bonds. The van der Waals surface area contributed by atoms with Crippen molar-refractivity contribution in [3.05, 3.63) is 12.0 Å². The monoisotopic (exact) mass is 209 g/mol. The number of imidazole rings is 1. The smallest absolute Gasteiger partial charge is 0.360 e. The number of carbonyl (C=O) groups is 1. The zero-order valence-corrected chi connectivity index (χ0v) is 8.77. The van der Waals surface area contributed by atoms with E-state index in [0.717, 1.165) is 6.54 Å². The number of hydrogen-bond donors (Lipinski definition) is 1. The van der Waals surface area contributed by atoms with E-state index in [1.54, 1.807) is 13.3 Å². The minimum atomic E-state index is -0.440. The Balaban J connectivity index is 2.11. The minimum Gasteiger partial charge on any atom is -0.461 e. The van der Waals surface area contributed by atoms with Crippen LogP contribution in [-0.4, -0.2) is 22.1 Å². The summed E-state index contributed by atoms with van der Waals surface area (Å²) in [6.45, 7) is 2.96. The van der Waals surface area contributed by atoms with Gasteiger partial charge in [-0.25, -0.2) is 9.78 Å². The van der Waals surface area contributed by atoms with Crippen LogP contribution in [0.5, 0.6) is 0 Å². The van der Waals surface area contributed by atoms with Crippen molar-refractivity contribution in [2.24, 2.45) is 5.92 Å². The molecule has 1 aromatic heterocycles. The molecule has 0 aromatic carbocycles. The summed E-state index contributed by atoms with van der Waals surface area (Å²) in [7, 11) is 0. The van der Waals surface area contributed by atoms with E-state index in [-0.39, 0.29) is 5.69 Å². The van der Waals surface area contributed by atoms with Crippen molar-refractivity contribution in [3.63, 3.8) is 0 Å². The second-order valence-corrected chi connectivity index (χ2v) is 3.79. The summed E-state index contributed by atoms with van der Waals surface area (Å²) in [5, 5.41) is 0. The third-order valence-corrected chi connectivity index (χ3v) is 2.50. The number of nitrogens with two attached hydrogens (primary N) is 1. The Labute approximate surface area is 88.2 Å². The Kier molecular flexibility index (Phi) is 2.62. The van der Waals surface area contributed by atoms with Crippen LogP contribution in [0.25, 0.3) is 0 Å². The van der Waals surface area contributed by atoms with Crippen molar-refractivity contribution in [1.29, 1.82) is 0 Å². The van der Waals surface area contributed by atoms with Crippen molar-refractivity contribution in [2.45, 2.75) is 26.3 Å². The molecule has 0 saturated heterocycles. The lowest BCUT2D eigenvalue weighted by Gasteiger charge is -2.03. The number of ether oxygens (including phenoxy) is 1. The number of esters is 1. The molecule has 5 nitrogen and oxygen atoms in total. The fourth-order valence-electron chi connectivity index (χ4n) is 1.47. The van der Waals surface area contributed by atoms with Crippen molar-refractivity contribution in [3.8, 4) is 0 Å². The molecule has 0 bridgehead atoms. The first kappa shape index (κ1) is 10.0. The molecule has 1 aromatic rings. The van der Waals surface area contributed by atoms with E-state index < -0.39 is 5.97 Å². The van der Waals surface area contributed by atoms with Gasteiger partial charge in [0, 0.05) is 6.54 Å². The molecule has 0 aliphatic heterocycles. The highest BCUT2D eigenvalue weighted by Gasteiger charge is 2.24. The molecule has 0 spiro atoms. The quantitative estimate of drug-likeness (QED) is 0.752. The lowest BCUT2D eigenvalue weighted by molar-refractivity contribution is 0.0521. The molecule has 0 atom stereocenters. The molecular formula is C10H15N3O2. The van der Waals surface area contributed by atoms with E-state index in [1.165, 1.54) is 12.8 Å². The number of aromatic nitrogens is 2. The molecule has 5 heteroatoms. The molecule has 1 fully saturated rings. The zero-order valence-electron chi connectivity index (χ0n) is 8.77. The summed E-state index contributed by atoms with van der Waals surface area (Å²) in [6, 6.07) is 0. The summed E-state index contributed by atoms with van der Waals surface area (Å²) >= 11 is 0. The van der Waals surface area contributed by atoms with Gasteiger partial charge in [-0.05, 0) is 25.7 Å². The lowest BCUT2D eigenvalue weighted by Crippen LogP contribution is -2.10. The van der Waals surface area contributed by atoms with Gasteiger partial charge in [0.15, 0.2) is 5.69 Å². The number of nitrogen functional groups attached to an aromatic ring is 1. The molecule has 1 aliphatic rings. The molecule has 0 radical (unpaired) electrons. The van der Waals surface area contributed by atoms with Crippen LogP contribution in [0, 0.1) is 5.92 Å². The maximum absolute atomic E-state index is 11.4. The van der Waals surface area contributed by atoms with Crippen LogP contribution in [0.3, 0.4) is 0 Å². The molecule has 82 valence electrons. The number of nitrogens with zero attached hydrogens (tertiary/aromatic N) is 2. The second-order valence-electron chi connectivity index (χ2n) is 3.79. The van der Waals surface area contributed by atoms with Gasteiger partial charge in [-0.3, -0.25) is 0 Å². The molecule has 0 unspecified atom stereocenters. The van der Waals surface area contributed by atoms with Gasteiger partial charge in [0.2, 0.25) is 0 Å². The van der Waals surface area contributed by atoms with E-state index >= 15 is 0 Å². The standard InChI is InChI=1S/C10H15N3O2/c1-2-15-10(14)8-9(11)13(6-12-8)5-7-3-4-7/h6-7H,2-5,11H2,1H3. The fraction of sp³-hybridized carbons (Fsp3) is 0.600. The van der Waals surface area contributed by atoms with Gasteiger partial charge in [-0.1, -0.05) is 0 Å². The average molecular weight is 209 g/mol. The van der Waals surface area contributed by atoms with Crippen LogP contribution in [0.15, 0.2) is 6.33 Å². The Hall–Kier alpha value is -1.52. The van der Waals surface area contributed by atoms with Crippen molar-refractivity contribution in [2.75, 3.05) is 12.3 Å². The van der Waals surface area contributed by atoms with Gasteiger partial charge in [-0.15, -0.1) is 0 Å². The van der Waals surface area contributed by atoms with Crippen LogP contribution < -0.4 is 5.73 Å². The predicted octanol–water partition coefficient (Wildman–Crippen LogP) is 1.05. The van der Waals surface area contributed by atoms with Gasteiger partial charge in [0.25, 0.3) is 0 Å². The largest absolute Gasteiger partial charge is 0.461 e. The number of carbonyl (C=O) groups excluding carboxylic acids is 1. The fourth-order valence-corrected chi connectivity index (χ4v) is 1.47. The van der Waals surface area contributed by atoms with Gasteiger partial charge in [-0.2, -0.15) is 0 Å². The molecular weight excluding hydrogens is 194 g/mol. The third kappa shape index (κ3) is 2.11. The van der Waals surface area contributed by atoms with Crippen LogP contribution in [-0.2, 0) is 11.3 Å². The maximum atomic E-state index is 11.4. The molecule has 1 heterocycles. The van der Waals surface area contributed by atoms with Gasteiger partial charge in [0.1, 0.15) is 5.82 Å². The van der Waals surface area contributed by atoms with Gasteiger partial charge >= 0.3 is 5.97 Å². The second kappa shape index (κ2) is 3.92. The third-order valence-electron chi connectivity index (χ3n) is 2.50. The van der Waals surface area contributed by atoms with Crippen LogP contribution in [0.2, 0.25) is 0 Å². The van der Waals surface area contributed by atoms with E-state index in [2.05, 4.69) is 4.98 Å². The summed E-state index contributed by atoms with van der Waals surface area (Å²) in [4.78, 5) is 15.4. The van der Waals surface area contributed by atoms with Crippen molar-refractivity contribution < 1.29 is 9.53 Å². The lowest BCUT2D eigenvalue weighted by atomic mass is 10.4. The minimum absolute atomic E-state index is 0.234. The predicted molar refractivity (Wildman–Crippen MR) is 55.3 cm³/mol. The summed E-state index contributed by atoms with van der Waals surface area (Å²) in [5.41, 5.74) is 6.04. The SMILES string of the molecule is CCOC(=O)c1ncn(CC2CC2)c1N. The first-order valence-electron chi connectivity index (χ1n) is 5.20. The summed E-state index contributed by atoms with van der Waals surface area (Å²) < 4.78 is 6.67. The maximum Gasteiger partial charge on any atom is 0.360 e. The summed E-state index contributed by atoms with van der Waals surface area (Å²) in [6.07, 6.45) is 4.10. The topological polar surface area (TPSA) is 70.1 Å². The molecule has 2 N–H and O–H groups in total. The van der Waals surface area contributed by atoms with E-state index in [4.69, 9.17) is 10.5 Å². The Morgan fingerprint density at radius 3 is 3.07 bits per heavy atom. The number of rotatable bonds is 4. The Bertz CT molecular complexity index is 369. The van der Waals surface area contributed by atoms with E-state index in [0.29, 0.717) is 18.3 Å². The highest BCUT2D eigenvalue weighted by Crippen LogP contribution is 2.31. The van der Waals surface area contributed by atoms with Crippen molar-refractivity contribution in [1.82, 2.24) is 9.55 Å². The van der Waals surface area contributed by atoms with Gasteiger partial charge in [0.05, 0.1) is 12.9 Å². The highest BCUT2D eigenvalue weighted by atomic mass is 16.5. The summed E-state index contributed by atoms with van der Waals surface area (Å²) in [5.74, 6) is 0.682. The molecule has 1 saturated carbocycles. The zero-order chi connectivity index (χ0) is 10.8. The van der Waals surface area contributed by atoms with Crippen molar-refractivity contribution >= 4 is 11.8 Å². The average Bonchev–Trinajstić information content (AvgIpc) is 2.93. The van der Waals surface area contributed by atoms with E-state index in [1.807, 2.05) is 4.57 Å². The highest BCUT2D eigenvalue weighted by molar-refractivity contribution is 5.92. The number of hydrogen-bond acceptors (Lipinski definition) is 4. The van der Waals surface area contributed by atoms with Crippen LogP contribution in [0.4, 0.5) is 5.82 Å². The number of anilines is 1. The first-order chi connectivity index (χ1) is 7.22. The van der Waals surface area contributed by atoms with E-state index in [9.17, 15) is 4.79 Å². The molecule has 1 aliphatic carbocycles. The Morgan fingerprint density at radius 1 is 1.73 bits per heavy atom. The normalized spacial score (nSPS) is 15.3. The van der Waals surface area contributed by atoms with Crippen LogP contribution >= 0.6 is 0 Å². The molecule has 2 rings (SSSR count).